The second-order valence-corrected chi connectivity index (χ2v) is 3.54. The summed E-state index contributed by atoms with van der Waals surface area (Å²) in [7, 11) is 0. The SMILES string of the molecule is O=C(Cc1ccccn1)ON1C(=O)CCC1=O. The molecule has 6 heteroatoms. The Labute approximate surface area is 97.1 Å². The maximum atomic E-state index is 11.5. The number of hydroxylamine groups is 2. The number of nitrogens with zero attached hydrogens (tertiary/aromatic N) is 2. The van der Waals surface area contributed by atoms with E-state index in [1.807, 2.05) is 0 Å². The zero-order chi connectivity index (χ0) is 12.3. The minimum atomic E-state index is -0.674. The number of carbonyl (C=O) groups excluding carboxylic acids is 3. The van der Waals surface area contributed by atoms with Gasteiger partial charge in [-0.3, -0.25) is 14.6 Å². The maximum Gasteiger partial charge on any atom is 0.339 e. The minimum absolute atomic E-state index is 0.0715. The van der Waals surface area contributed by atoms with Crippen molar-refractivity contribution in [1.29, 1.82) is 0 Å². The first kappa shape index (κ1) is 11.3. The third kappa shape index (κ3) is 2.66. The Balaban J connectivity index is 1.94. The molecule has 0 bridgehead atoms. The first-order valence-corrected chi connectivity index (χ1v) is 5.13. The molecule has 1 saturated heterocycles. The van der Waals surface area contributed by atoms with Gasteiger partial charge in [0.25, 0.3) is 11.8 Å². The van der Waals surface area contributed by atoms with E-state index in [2.05, 4.69) is 4.98 Å². The molecule has 0 atom stereocenters. The highest BCUT2D eigenvalue weighted by Gasteiger charge is 2.32. The van der Waals surface area contributed by atoms with Crippen LogP contribution in [0.25, 0.3) is 0 Å². The van der Waals surface area contributed by atoms with E-state index < -0.39 is 17.8 Å². The van der Waals surface area contributed by atoms with Gasteiger partial charge in [-0.15, -0.1) is 5.06 Å². The maximum absolute atomic E-state index is 11.5. The van der Waals surface area contributed by atoms with Crippen LogP contribution in [0.15, 0.2) is 24.4 Å². The van der Waals surface area contributed by atoms with Gasteiger partial charge in [-0.1, -0.05) is 6.07 Å². The molecule has 2 rings (SSSR count). The lowest BCUT2D eigenvalue weighted by Gasteiger charge is -2.12. The molecule has 2 heterocycles. The van der Waals surface area contributed by atoms with E-state index in [9.17, 15) is 14.4 Å². The highest BCUT2D eigenvalue weighted by Crippen LogP contribution is 2.12. The molecule has 17 heavy (non-hydrogen) atoms. The number of rotatable bonds is 3. The topological polar surface area (TPSA) is 76.6 Å². The predicted octanol–water partition coefficient (Wildman–Crippen LogP) is 0.231. The summed E-state index contributed by atoms with van der Waals surface area (Å²) in [6.07, 6.45) is 1.66. The third-order valence-electron chi connectivity index (χ3n) is 2.25. The van der Waals surface area contributed by atoms with Gasteiger partial charge in [0.05, 0.1) is 12.1 Å². The van der Waals surface area contributed by atoms with Crippen molar-refractivity contribution in [1.82, 2.24) is 10.0 Å². The minimum Gasteiger partial charge on any atom is -0.330 e. The lowest BCUT2D eigenvalue weighted by atomic mass is 10.3. The fourth-order valence-corrected chi connectivity index (χ4v) is 1.44. The normalized spacial score (nSPS) is 15.2. The van der Waals surface area contributed by atoms with E-state index in [0.29, 0.717) is 10.8 Å². The van der Waals surface area contributed by atoms with Crippen LogP contribution in [0.1, 0.15) is 18.5 Å². The van der Waals surface area contributed by atoms with Gasteiger partial charge in [-0.05, 0) is 12.1 Å². The van der Waals surface area contributed by atoms with Crippen LogP contribution < -0.4 is 0 Å². The Hall–Kier alpha value is -2.24. The molecular formula is C11H10N2O4. The molecule has 1 fully saturated rings. The molecular weight excluding hydrogens is 224 g/mol. The smallest absolute Gasteiger partial charge is 0.330 e. The number of hydrogen-bond donors (Lipinski definition) is 0. The molecule has 1 aromatic rings. The molecule has 0 spiro atoms. The Bertz CT molecular complexity index is 442. The van der Waals surface area contributed by atoms with Crippen molar-refractivity contribution in [3.05, 3.63) is 30.1 Å². The summed E-state index contributed by atoms with van der Waals surface area (Å²) >= 11 is 0. The number of amides is 2. The molecule has 0 radical (unpaired) electrons. The summed E-state index contributed by atoms with van der Waals surface area (Å²) < 4.78 is 0. The molecule has 1 aromatic heterocycles. The summed E-state index contributed by atoms with van der Waals surface area (Å²) in [5.74, 6) is -1.64. The summed E-state index contributed by atoms with van der Waals surface area (Å²) in [6, 6.07) is 5.12. The van der Waals surface area contributed by atoms with Crippen LogP contribution in [0, 0.1) is 0 Å². The van der Waals surface area contributed by atoms with Crippen LogP contribution in [0.3, 0.4) is 0 Å². The predicted molar refractivity (Wildman–Crippen MR) is 55.1 cm³/mol. The lowest BCUT2D eigenvalue weighted by Crippen LogP contribution is -2.32. The van der Waals surface area contributed by atoms with Gasteiger partial charge in [0.1, 0.15) is 0 Å². The molecule has 6 nitrogen and oxygen atoms in total. The fraction of sp³-hybridized carbons (Fsp3) is 0.273. The highest BCUT2D eigenvalue weighted by atomic mass is 16.7. The van der Waals surface area contributed by atoms with Crippen molar-refractivity contribution in [3.8, 4) is 0 Å². The van der Waals surface area contributed by atoms with E-state index in [1.54, 1.807) is 24.4 Å². The average molecular weight is 234 g/mol. The van der Waals surface area contributed by atoms with E-state index >= 15 is 0 Å². The Morgan fingerprint density at radius 3 is 2.59 bits per heavy atom. The molecule has 88 valence electrons. The Morgan fingerprint density at radius 1 is 1.29 bits per heavy atom. The first-order chi connectivity index (χ1) is 8.16. The molecule has 0 aliphatic carbocycles. The van der Waals surface area contributed by atoms with Gasteiger partial charge in [0.2, 0.25) is 0 Å². The molecule has 0 aromatic carbocycles. The van der Waals surface area contributed by atoms with Gasteiger partial charge in [0, 0.05) is 19.0 Å². The van der Waals surface area contributed by atoms with Crippen molar-refractivity contribution in [2.45, 2.75) is 19.3 Å². The van der Waals surface area contributed by atoms with Crippen molar-refractivity contribution in [2.24, 2.45) is 0 Å². The van der Waals surface area contributed by atoms with E-state index in [0.717, 1.165) is 0 Å². The largest absolute Gasteiger partial charge is 0.339 e. The molecule has 2 amide bonds. The highest BCUT2D eigenvalue weighted by molar-refractivity contribution is 6.01. The van der Waals surface area contributed by atoms with Gasteiger partial charge in [-0.25, -0.2) is 4.79 Å². The fourth-order valence-electron chi connectivity index (χ4n) is 1.44. The molecule has 1 aliphatic heterocycles. The van der Waals surface area contributed by atoms with Gasteiger partial charge >= 0.3 is 5.97 Å². The van der Waals surface area contributed by atoms with Gasteiger partial charge in [-0.2, -0.15) is 0 Å². The molecule has 0 saturated carbocycles. The van der Waals surface area contributed by atoms with Gasteiger partial charge < -0.3 is 4.84 Å². The lowest BCUT2D eigenvalue weighted by molar-refractivity contribution is -0.197. The summed E-state index contributed by atoms with van der Waals surface area (Å²) in [5.41, 5.74) is 0.525. The van der Waals surface area contributed by atoms with Crippen LogP contribution in [-0.4, -0.2) is 27.8 Å². The third-order valence-corrected chi connectivity index (χ3v) is 2.25. The molecule has 0 unspecified atom stereocenters. The number of imide groups is 1. The second-order valence-electron chi connectivity index (χ2n) is 3.54. The number of pyridine rings is 1. The summed E-state index contributed by atoms with van der Waals surface area (Å²) in [6.45, 7) is 0. The van der Waals surface area contributed by atoms with Crippen LogP contribution in [0.4, 0.5) is 0 Å². The Kier molecular flexibility index (Phi) is 3.13. The monoisotopic (exact) mass is 234 g/mol. The Morgan fingerprint density at radius 2 is 2.00 bits per heavy atom. The van der Waals surface area contributed by atoms with Crippen LogP contribution >= 0.6 is 0 Å². The number of carbonyl (C=O) groups is 3. The summed E-state index contributed by atoms with van der Waals surface area (Å²) in [4.78, 5) is 42.5. The number of aromatic nitrogens is 1. The van der Waals surface area contributed by atoms with Crippen molar-refractivity contribution in [2.75, 3.05) is 0 Å². The zero-order valence-corrected chi connectivity index (χ0v) is 8.96. The standard InChI is InChI=1S/C11H10N2O4/c14-9-4-5-10(15)13(9)17-11(16)7-8-3-1-2-6-12-8/h1-3,6H,4-5,7H2. The summed E-state index contributed by atoms with van der Waals surface area (Å²) in [5, 5.41) is 0.533. The van der Waals surface area contributed by atoms with Crippen molar-refractivity contribution < 1.29 is 19.2 Å². The van der Waals surface area contributed by atoms with Crippen LogP contribution in [0.5, 0.6) is 0 Å². The van der Waals surface area contributed by atoms with E-state index in [1.165, 1.54) is 0 Å². The quantitative estimate of drug-likeness (QED) is 0.700. The van der Waals surface area contributed by atoms with Crippen molar-refractivity contribution >= 4 is 17.8 Å². The first-order valence-electron chi connectivity index (χ1n) is 5.13. The molecule has 1 aliphatic rings. The van der Waals surface area contributed by atoms with Crippen molar-refractivity contribution in [3.63, 3.8) is 0 Å². The number of hydrogen-bond acceptors (Lipinski definition) is 5. The molecule has 0 N–H and O–H groups in total. The van der Waals surface area contributed by atoms with E-state index in [-0.39, 0.29) is 19.3 Å². The average Bonchev–Trinajstić information content (AvgIpc) is 2.62. The van der Waals surface area contributed by atoms with Crippen LogP contribution in [-0.2, 0) is 25.6 Å². The zero-order valence-electron chi connectivity index (χ0n) is 8.96. The van der Waals surface area contributed by atoms with Crippen LogP contribution in [0.2, 0.25) is 0 Å². The van der Waals surface area contributed by atoms with E-state index in [4.69, 9.17) is 4.84 Å². The second kappa shape index (κ2) is 4.73. The van der Waals surface area contributed by atoms with Gasteiger partial charge in [0.15, 0.2) is 0 Å².